The van der Waals surface area contributed by atoms with Crippen LogP contribution in [0.2, 0.25) is 0 Å². The maximum Gasteiger partial charge on any atom is 0.227 e. The van der Waals surface area contributed by atoms with Gasteiger partial charge in [-0.2, -0.15) is 5.10 Å². The molecule has 3 rings (SSSR count). The second-order valence-electron chi connectivity index (χ2n) is 8.67. The topological polar surface area (TPSA) is 69.0 Å². The van der Waals surface area contributed by atoms with Crippen LogP contribution in [0.15, 0.2) is 54.6 Å². The van der Waals surface area contributed by atoms with E-state index in [1.54, 1.807) is 7.11 Å². The Morgan fingerprint density at radius 2 is 1.78 bits per heavy atom. The molecule has 7 nitrogen and oxygen atoms in total. The Bertz CT molecular complexity index is 1110. The number of hydrogen-bond acceptors (Lipinski definition) is 6. The highest BCUT2D eigenvalue weighted by molar-refractivity contribution is 5.44. The summed E-state index contributed by atoms with van der Waals surface area (Å²) in [5.41, 5.74) is 2.86. The van der Waals surface area contributed by atoms with Gasteiger partial charge in [-0.1, -0.05) is 38.0 Å². The number of para-hydroxylation sites is 1. The lowest BCUT2D eigenvalue weighted by molar-refractivity contribution is 0.0168. The molecule has 0 radical (unpaired) electrons. The third kappa shape index (κ3) is 7.11. The number of aryl methyl sites for hydroxylation is 1. The van der Waals surface area contributed by atoms with Crippen molar-refractivity contribution in [3.8, 4) is 35.4 Å². The highest BCUT2D eigenvalue weighted by atomic mass is 16.5. The molecular formula is C29H37N3O4. The van der Waals surface area contributed by atoms with Crippen LogP contribution in [-0.2, 0) is 17.7 Å². The fraction of sp³-hybridized carbons (Fsp3) is 0.414. The molecule has 0 saturated carbocycles. The zero-order valence-electron chi connectivity index (χ0n) is 21.7. The number of aliphatic hydroxyl groups excluding tert-OH is 1. The summed E-state index contributed by atoms with van der Waals surface area (Å²) >= 11 is 0. The maximum atomic E-state index is 10.6. The molecule has 0 aliphatic heterocycles. The van der Waals surface area contributed by atoms with Crippen LogP contribution in [0.4, 0.5) is 0 Å². The van der Waals surface area contributed by atoms with Crippen LogP contribution in [-0.4, -0.2) is 58.8 Å². The van der Waals surface area contributed by atoms with Crippen molar-refractivity contribution in [3.05, 3.63) is 65.9 Å². The normalized spacial score (nSPS) is 12.8. The summed E-state index contributed by atoms with van der Waals surface area (Å²) in [7, 11) is 1.64. The SMILES string of the molecule is C#CCOC[C@@H](O)CN(Cc1c(CC)nn(-c2ccccc2)c1Oc1ccc(OC)cc1)[C@H](C)CC. The van der Waals surface area contributed by atoms with Gasteiger partial charge < -0.3 is 19.3 Å². The highest BCUT2D eigenvalue weighted by Gasteiger charge is 2.25. The minimum atomic E-state index is -0.660. The van der Waals surface area contributed by atoms with E-state index in [1.165, 1.54) is 0 Å². The Hall–Kier alpha value is -3.31. The number of ether oxygens (including phenoxy) is 3. The molecule has 1 N–H and O–H groups in total. The van der Waals surface area contributed by atoms with E-state index >= 15 is 0 Å². The second kappa shape index (κ2) is 13.7. The summed E-state index contributed by atoms with van der Waals surface area (Å²) in [5, 5.41) is 15.6. The molecule has 0 fully saturated rings. The van der Waals surface area contributed by atoms with Crippen LogP contribution in [0.25, 0.3) is 5.69 Å². The van der Waals surface area contributed by atoms with Crippen molar-refractivity contribution < 1.29 is 19.3 Å². The third-order valence-corrected chi connectivity index (χ3v) is 6.15. The van der Waals surface area contributed by atoms with E-state index in [0.29, 0.717) is 24.7 Å². The summed E-state index contributed by atoms with van der Waals surface area (Å²) < 4.78 is 19.0. The molecule has 0 amide bonds. The number of aromatic nitrogens is 2. The lowest BCUT2D eigenvalue weighted by Gasteiger charge is -2.30. The fourth-order valence-electron chi connectivity index (χ4n) is 3.96. The molecule has 1 heterocycles. The number of nitrogens with zero attached hydrogens (tertiary/aromatic N) is 3. The van der Waals surface area contributed by atoms with Crippen molar-refractivity contribution in [2.75, 3.05) is 26.9 Å². The Morgan fingerprint density at radius 3 is 2.39 bits per heavy atom. The van der Waals surface area contributed by atoms with Crippen LogP contribution in [0, 0.1) is 12.3 Å². The number of hydrogen-bond donors (Lipinski definition) is 1. The van der Waals surface area contributed by atoms with E-state index in [9.17, 15) is 5.11 Å². The standard InChI is InChI=1S/C29H37N3O4/c1-6-18-35-21-24(33)19-31(22(4)7-2)20-27-28(8-3)30-32(23-12-10-9-11-13-23)29(27)36-26-16-14-25(34-5)15-17-26/h1,9-17,22,24,33H,7-8,18-21H2,2-5H3/t22-,24+/m1/s1. The predicted molar refractivity (Wildman–Crippen MR) is 142 cm³/mol. The van der Waals surface area contributed by atoms with Gasteiger partial charge in [0.25, 0.3) is 0 Å². The van der Waals surface area contributed by atoms with Gasteiger partial charge in [0.15, 0.2) is 0 Å². The first-order valence-electron chi connectivity index (χ1n) is 12.4. The molecule has 0 bridgehead atoms. The molecule has 0 aliphatic rings. The smallest absolute Gasteiger partial charge is 0.227 e. The van der Waals surface area contributed by atoms with Gasteiger partial charge in [-0.3, -0.25) is 4.90 Å². The number of terminal acetylenes is 1. The van der Waals surface area contributed by atoms with Crippen LogP contribution < -0.4 is 9.47 Å². The van der Waals surface area contributed by atoms with E-state index in [0.717, 1.165) is 35.5 Å². The molecule has 0 aliphatic carbocycles. The molecule has 7 heteroatoms. The summed E-state index contributed by atoms with van der Waals surface area (Å²) in [5.74, 6) is 4.55. The summed E-state index contributed by atoms with van der Waals surface area (Å²) in [6, 6.07) is 17.7. The zero-order chi connectivity index (χ0) is 25.9. The van der Waals surface area contributed by atoms with Gasteiger partial charge in [0.2, 0.25) is 5.88 Å². The zero-order valence-corrected chi connectivity index (χ0v) is 21.7. The fourth-order valence-corrected chi connectivity index (χ4v) is 3.96. The van der Waals surface area contributed by atoms with E-state index in [-0.39, 0.29) is 19.3 Å². The molecule has 36 heavy (non-hydrogen) atoms. The van der Waals surface area contributed by atoms with E-state index in [4.69, 9.17) is 25.7 Å². The molecule has 192 valence electrons. The van der Waals surface area contributed by atoms with Crippen molar-refractivity contribution in [2.24, 2.45) is 0 Å². The number of aliphatic hydroxyl groups is 1. The Kier molecular flexibility index (Phi) is 10.4. The minimum absolute atomic E-state index is 0.185. The average molecular weight is 492 g/mol. The van der Waals surface area contributed by atoms with Crippen molar-refractivity contribution in [1.82, 2.24) is 14.7 Å². The Balaban J connectivity index is 1.99. The molecule has 2 aromatic carbocycles. The second-order valence-corrected chi connectivity index (χ2v) is 8.67. The van der Waals surface area contributed by atoms with Gasteiger partial charge in [-0.25, -0.2) is 4.68 Å². The van der Waals surface area contributed by atoms with Crippen molar-refractivity contribution in [1.29, 1.82) is 0 Å². The molecule has 0 saturated heterocycles. The third-order valence-electron chi connectivity index (χ3n) is 6.15. The van der Waals surface area contributed by atoms with E-state index in [1.807, 2.05) is 59.3 Å². The van der Waals surface area contributed by atoms with E-state index < -0.39 is 6.10 Å². The number of methoxy groups -OCH3 is 1. The van der Waals surface area contributed by atoms with Crippen molar-refractivity contribution in [2.45, 2.75) is 52.3 Å². The van der Waals surface area contributed by atoms with Gasteiger partial charge >= 0.3 is 0 Å². The van der Waals surface area contributed by atoms with Gasteiger partial charge in [0, 0.05) is 19.1 Å². The monoisotopic (exact) mass is 491 g/mol. The summed E-state index contributed by atoms with van der Waals surface area (Å²) in [6.07, 6.45) is 6.29. The van der Waals surface area contributed by atoms with Gasteiger partial charge in [-0.15, -0.1) is 6.42 Å². The van der Waals surface area contributed by atoms with Crippen LogP contribution in [0.1, 0.15) is 38.4 Å². The maximum absolute atomic E-state index is 10.6. The highest BCUT2D eigenvalue weighted by Crippen LogP contribution is 2.33. The average Bonchev–Trinajstić information content (AvgIpc) is 3.25. The molecule has 2 atom stereocenters. The van der Waals surface area contributed by atoms with Crippen molar-refractivity contribution >= 4 is 0 Å². The molecule has 1 aromatic heterocycles. The Labute approximate surface area is 214 Å². The first-order chi connectivity index (χ1) is 17.5. The first kappa shape index (κ1) is 27.3. The number of rotatable bonds is 14. The lowest BCUT2D eigenvalue weighted by Crippen LogP contribution is -2.40. The van der Waals surface area contributed by atoms with Gasteiger partial charge in [0.1, 0.15) is 18.1 Å². The van der Waals surface area contributed by atoms with Crippen LogP contribution >= 0.6 is 0 Å². The largest absolute Gasteiger partial charge is 0.497 e. The molecule has 0 spiro atoms. The minimum Gasteiger partial charge on any atom is -0.497 e. The molecule has 0 unspecified atom stereocenters. The summed E-state index contributed by atoms with van der Waals surface area (Å²) in [6.45, 7) is 7.78. The summed E-state index contributed by atoms with van der Waals surface area (Å²) in [4.78, 5) is 2.25. The molecular weight excluding hydrogens is 454 g/mol. The Morgan fingerprint density at radius 1 is 1.08 bits per heavy atom. The lowest BCUT2D eigenvalue weighted by atomic mass is 10.1. The first-order valence-corrected chi connectivity index (χ1v) is 12.4. The quantitative estimate of drug-likeness (QED) is 0.257. The molecule has 3 aromatic rings. The predicted octanol–water partition coefficient (Wildman–Crippen LogP) is 4.85. The van der Waals surface area contributed by atoms with E-state index in [2.05, 4.69) is 31.6 Å². The van der Waals surface area contributed by atoms with Gasteiger partial charge in [0.05, 0.1) is 36.8 Å². The van der Waals surface area contributed by atoms with Crippen LogP contribution in [0.5, 0.6) is 17.4 Å². The van der Waals surface area contributed by atoms with Crippen LogP contribution in [0.3, 0.4) is 0 Å². The number of benzene rings is 2. The van der Waals surface area contributed by atoms with Crippen molar-refractivity contribution in [3.63, 3.8) is 0 Å². The van der Waals surface area contributed by atoms with Gasteiger partial charge in [-0.05, 0) is 56.2 Å².